The van der Waals surface area contributed by atoms with Gasteiger partial charge < -0.3 is 59.4 Å². The fourth-order valence-corrected chi connectivity index (χ4v) is 8.63. The molecular formula is C53H67N11O8. The molecule has 1 aliphatic heterocycles. The van der Waals surface area contributed by atoms with Crippen LogP contribution in [0.5, 0.6) is 0 Å². The van der Waals surface area contributed by atoms with E-state index < -0.39 is 89.6 Å². The maximum absolute atomic E-state index is 14.7. The molecule has 14 N–H and O–H groups in total. The third kappa shape index (κ3) is 15.7. The highest BCUT2D eigenvalue weighted by Gasteiger charge is 2.34. The van der Waals surface area contributed by atoms with Gasteiger partial charge in [0.05, 0.1) is 6.04 Å². The second kappa shape index (κ2) is 26.5. The number of carbonyl (C=O) groups is 8. The van der Waals surface area contributed by atoms with E-state index in [4.69, 9.17) is 17.2 Å². The summed E-state index contributed by atoms with van der Waals surface area (Å²) >= 11 is 0. The minimum atomic E-state index is -1.37. The first kappa shape index (κ1) is 53.7. The number of primary amides is 1. The summed E-state index contributed by atoms with van der Waals surface area (Å²) in [6.07, 6.45) is 3.59. The van der Waals surface area contributed by atoms with E-state index in [0.717, 1.165) is 27.2 Å². The Hall–Kier alpha value is -7.64. The molecule has 19 heteroatoms. The Kier molecular flexibility index (Phi) is 19.8. The smallest absolute Gasteiger partial charge is 0.243 e. The van der Waals surface area contributed by atoms with Crippen LogP contribution in [0, 0.1) is 0 Å². The number of rotatable bonds is 13. The molecule has 2 heterocycles. The molecule has 0 bridgehead atoms. The van der Waals surface area contributed by atoms with Gasteiger partial charge in [-0.15, -0.1) is 0 Å². The summed E-state index contributed by atoms with van der Waals surface area (Å²) in [5.74, 6) is -5.54. The number of H-pyrrole nitrogens is 1. The predicted octanol–water partition coefficient (Wildman–Crippen LogP) is 1.30. The van der Waals surface area contributed by atoms with Crippen LogP contribution in [0.15, 0.2) is 103 Å². The van der Waals surface area contributed by atoms with Crippen molar-refractivity contribution in [1.29, 1.82) is 0 Å². The van der Waals surface area contributed by atoms with Gasteiger partial charge in [-0.2, -0.15) is 0 Å². The lowest BCUT2D eigenvalue weighted by molar-refractivity contribution is -0.135. The van der Waals surface area contributed by atoms with E-state index in [1.165, 1.54) is 6.92 Å². The fourth-order valence-electron chi connectivity index (χ4n) is 8.63. The first-order valence-electron chi connectivity index (χ1n) is 24.6. The molecular weight excluding hydrogens is 919 g/mol. The molecule has 0 unspecified atom stereocenters. The maximum atomic E-state index is 14.7. The zero-order valence-electron chi connectivity index (χ0n) is 40.5. The minimum Gasteiger partial charge on any atom is -0.368 e. The number of hydrogen-bond donors (Lipinski definition) is 11. The average Bonchev–Trinajstić information content (AvgIpc) is 3.78. The Morgan fingerprint density at radius 1 is 0.667 bits per heavy atom. The van der Waals surface area contributed by atoms with Crippen molar-refractivity contribution in [1.82, 2.24) is 42.2 Å². The van der Waals surface area contributed by atoms with Crippen molar-refractivity contribution in [3.63, 3.8) is 0 Å². The van der Waals surface area contributed by atoms with Crippen LogP contribution in [0.25, 0.3) is 21.7 Å². The highest BCUT2D eigenvalue weighted by Crippen LogP contribution is 2.21. The molecule has 4 aromatic carbocycles. The molecule has 382 valence electrons. The summed E-state index contributed by atoms with van der Waals surface area (Å²) in [4.78, 5) is 114. The van der Waals surface area contributed by atoms with Gasteiger partial charge in [0.25, 0.3) is 0 Å². The third-order valence-electron chi connectivity index (χ3n) is 12.8. The number of hydrogen-bond acceptors (Lipinski definition) is 10. The summed E-state index contributed by atoms with van der Waals surface area (Å²) < 4.78 is 0. The second-order valence-electron chi connectivity index (χ2n) is 18.4. The normalized spacial score (nSPS) is 22.0. The van der Waals surface area contributed by atoms with Gasteiger partial charge >= 0.3 is 0 Å². The molecule has 0 spiro atoms. The summed E-state index contributed by atoms with van der Waals surface area (Å²) in [6.45, 7) is 2.02. The Morgan fingerprint density at radius 2 is 1.31 bits per heavy atom. The van der Waals surface area contributed by atoms with Crippen LogP contribution < -0.4 is 54.4 Å². The number of nitrogens with one attached hydrogen (secondary N) is 8. The van der Waals surface area contributed by atoms with Gasteiger partial charge in [-0.05, 0) is 91.9 Å². The molecule has 0 aliphatic carbocycles. The molecule has 8 amide bonds. The summed E-state index contributed by atoms with van der Waals surface area (Å²) in [7, 11) is 0. The number of aromatic amines is 1. The number of nitrogens with two attached hydrogens (primary N) is 3. The molecule has 6 rings (SSSR count). The van der Waals surface area contributed by atoms with Crippen LogP contribution >= 0.6 is 0 Å². The van der Waals surface area contributed by atoms with E-state index in [0.29, 0.717) is 43.4 Å². The second-order valence-corrected chi connectivity index (χ2v) is 18.4. The first-order valence-corrected chi connectivity index (χ1v) is 24.6. The SMILES string of the molecule is C[C@@H]1NC(=O)[C@H](Cc2ccc3ccccc3c2)NC(=O)[C@@H](N)CCCCNC(=O)CC[C@H](C(=O)N[C@@H](CCCCN)C(N)=O)NC(=O)[C@@H](Cc2ccccc2)NC(=O)[C@@H](Cc2c[nH]c3ccccc23)NC1=O. The lowest BCUT2D eigenvalue weighted by Gasteiger charge is -2.27. The lowest BCUT2D eigenvalue weighted by atomic mass is 10.00. The number of aromatic nitrogens is 1. The van der Waals surface area contributed by atoms with Gasteiger partial charge in [0.1, 0.15) is 36.3 Å². The van der Waals surface area contributed by atoms with E-state index in [-0.39, 0.29) is 51.5 Å². The van der Waals surface area contributed by atoms with Crippen molar-refractivity contribution in [2.45, 2.75) is 120 Å². The van der Waals surface area contributed by atoms with Crippen molar-refractivity contribution in [2.24, 2.45) is 17.2 Å². The Bertz CT molecular complexity index is 2690. The van der Waals surface area contributed by atoms with E-state index in [1.807, 2.05) is 66.7 Å². The lowest BCUT2D eigenvalue weighted by Crippen LogP contribution is -2.60. The number of carbonyl (C=O) groups excluding carboxylic acids is 8. The van der Waals surface area contributed by atoms with Crippen molar-refractivity contribution in [2.75, 3.05) is 13.1 Å². The Labute approximate surface area is 418 Å². The number of amides is 8. The molecule has 5 aromatic rings. The van der Waals surface area contributed by atoms with E-state index >= 15 is 0 Å². The molecule has 1 aliphatic rings. The van der Waals surface area contributed by atoms with Gasteiger partial charge in [-0.25, -0.2) is 0 Å². The van der Waals surface area contributed by atoms with Crippen LogP contribution in [0.3, 0.4) is 0 Å². The zero-order valence-corrected chi connectivity index (χ0v) is 40.5. The summed E-state index contributed by atoms with van der Waals surface area (Å²) in [5.41, 5.74) is 20.5. The number of unbranched alkanes of at least 4 members (excludes halogenated alkanes) is 1. The standard InChI is InChI=1S/C53H67N11O8/c1-32-48(67)62-45(30-37-31-58-40-19-8-7-17-38(37)40)53(72)64-43(28-33-13-3-2-4-14-33)52(71)61-42(50(69)60-41(47(56)66)20-9-11-25-54)23-24-46(65)57-26-12-10-18-39(55)49(68)63-44(51(70)59-32)29-34-21-22-35-15-5-6-16-36(35)27-34/h2-8,13-17,19,21-22,27,31-32,39,41-45,58H,9-12,18,20,23-26,28-30,54-55H2,1H3,(H2,56,66)(H,57,65)(H,59,70)(H,60,69)(H,61,71)(H,62,67)(H,63,68)(H,64,72)/t32-,39-,41-,42+,43+,44-,45+/m0/s1. The summed E-state index contributed by atoms with van der Waals surface area (Å²) in [5, 5.41) is 22.0. The number of benzene rings is 4. The summed E-state index contributed by atoms with van der Waals surface area (Å²) in [6, 6.07) is 21.1. The maximum Gasteiger partial charge on any atom is 0.243 e. The highest BCUT2D eigenvalue weighted by molar-refractivity contribution is 5.98. The molecule has 7 atom stereocenters. The van der Waals surface area contributed by atoms with E-state index in [1.54, 1.807) is 36.5 Å². The van der Waals surface area contributed by atoms with Crippen LogP contribution in [0.4, 0.5) is 0 Å². The molecule has 72 heavy (non-hydrogen) atoms. The molecule has 0 saturated carbocycles. The van der Waals surface area contributed by atoms with Gasteiger partial charge in [-0.1, -0.05) is 91.0 Å². The largest absolute Gasteiger partial charge is 0.368 e. The Morgan fingerprint density at radius 3 is 2.06 bits per heavy atom. The number of fused-ring (bicyclic) bond motifs is 2. The van der Waals surface area contributed by atoms with Crippen LogP contribution in [0.2, 0.25) is 0 Å². The Balaban J connectivity index is 1.32. The topological polar surface area (TPSA) is 315 Å². The molecule has 1 saturated heterocycles. The monoisotopic (exact) mass is 986 g/mol. The van der Waals surface area contributed by atoms with Gasteiger partial charge in [0, 0.05) is 49.3 Å². The van der Waals surface area contributed by atoms with Crippen molar-refractivity contribution >= 4 is 68.9 Å². The third-order valence-corrected chi connectivity index (χ3v) is 12.8. The van der Waals surface area contributed by atoms with Crippen LogP contribution in [0.1, 0.15) is 75.0 Å². The fraction of sp³-hybridized carbons (Fsp3) is 0.396. The van der Waals surface area contributed by atoms with Gasteiger partial charge in [0.15, 0.2) is 0 Å². The average molecular weight is 986 g/mol. The van der Waals surface area contributed by atoms with Crippen LogP contribution in [-0.4, -0.2) is 108 Å². The van der Waals surface area contributed by atoms with Crippen molar-refractivity contribution in [3.8, 4) is 0 Å². The number of para-hydroxylation sites is 1. The predicted molar refractivity (Wildman–Crippen MR) is 273 cm³/mol. The minimum absolute atomic E-state index is 0.0512. The van der Waals surface area contributed by atoms with Gasteiger partial charge in [0.2, 0.25) is 47.3 Å². The quantitative estimate of drug-likeness (QED) is 0.0752. The highest BCUT2D eigenvalue weighted by atomic mass is 16.2. The first-order chi connectivity index (χ1) is 34.7. The van der Waals surface area contributed by atoms with Crippen LogP contribution in [-0.2, 0) is 57.6 Å². The zero-order chi connectivity index (χ0) is 51.6. The van der Waals surface area contributed by atoms with Crippen molar-refractivity contribution in [3.05, 3.63) is 120 Å². The molecule has 1 fully saturated rings. The van der Waals surface area contributed by atoms with Gasteiger partial charge in [-0.3, -0.25) is 38.4 Å². The molecule has 0 radical (unpaired) electrons. The van der Waals surface area contributed by atoms with Crippen molar-refractivity contribution < 1.29 is 38.4 Å². The molecule has 1 aromatic heterocycles. The van der Waals surface area contributed by atoms with E-state index in [9.17, 15) is 38.4 Å². The molecule has 19 nitrogen and oxygen atoms in total. The van der Waals surface area contributed by atoms with E-state index in [2.05, 4.69) is 42.2 Å².